The minimum atomic E-state index is -0.513. The second-order valence-corrected chi connectivity index (χ2v) is 6.43. The van der Waals surface area contributed by atoms with E-state index in [0.29, 0.717) is 10.6 Å². The van der Waals surface area contributed by atoms with Crippen molar-refractivity contribution >= 4 is 50.6 Å². The summed E-state index contributed by atoms with van der Waals surface area (Å²) in [5.74, 6) is -0.988. The van der Waals surface area contributed by atoms with Crippen LogP contribution in [-0.2, 0) is 9.53 Å². The van der Waals surface area contributed by atoms with Crippen LogP contribution in [0.2, 0.25) is 5.15 Å². The number of pyridine rings is 1. The highest BCUT2D eigenvalue weighted by Gasteiger charge is 2.18. The highest BCUT2D eigenvalue weighted by atomic mass is 35.5. The molecule has 0 aliphatic rings. The van der Waals surface area contributed by atoms with Crippen molar-refractivity contribution < 1.29 is 14.3 Å². The Morgan fingerprint density at radius 2 is 2.04 bits per heavy atom. The topological polar surface area (TPSA) is 68.3 Å². The number of carbonyl (C=O) groups is 2. The third-order valence-electron chi connectivity index (χ3n) is 3.40. The number of aromatic nitrogens is 1. The van der Waals surface area contributed by atoms with E-state index in [2.05, 4.69) is 10.3 Å². The van der Waals surface area contributed by atoms with Gasteiger partial charge in [-0.1, -0.05) is 29.8 Å². The molecular weight excluding hydrogens is 348 g/mol. The Morgan fingerprint density at radius 3 is 2.79 bits per heavy atom. The maximum absolute atomic E-state index is 12.2. The molecule has 3 rings (SSSR count). The Labute approximate surface area is 147 Å². The molecule has 0 spiro atoms. The number of hydrogen-bond acceptors (Lipinski definition) is 5. The number of benzene rings is 1. The molecule has 2 aromatic heterocycles. The molecule has 1 N–H and O–H groups in total. The lowest BCUT2D eigenvalue weighted by molar-refractivity contribution is -0.119. The summed E-state index contributed by atoms with van der Waals surface area (Å²) in [7, 11) is 0. The molecule has 1 aromatic carbocycles. The smallest absolute Gasteiger partial charge is 0.349 e. The van der Waals surface area contributed by atoms with Crippen LogP contribution in [0.3, 0.4) is 0 Å². The number of hydrogen-bond donors (Lipinski definition) is 1. The summed E-state index contributed by atoms with van der Waals surface area (Å²) in [6, 6.07) is 11.0. The fraction of sp³-hybridized carbons (Fsp3) is 0.118. The molecule has 5 nitrogen and oxygen atoms in total. The zero-order valence-corrected chi connectivity index (χ0v) is 14.3. The molecular formula is C17H13ClN2O3S. The Balaban J connectivity index is 1.65. The lowest BCUT2D eigenvalue weighted by atomic mass is 10.1. The number of anilines is 1. The zero-order chi connectivity index (χ0) is 17.1. The SMILES string of the molecule is Cc1c(C(=O)OCC(=O)Nc2cccnc2Cl)sc2ccccc12. The number of amides is 1. The number of aryl methyl sites for hydroxylation is 1. The predicted octanol–water partition coefficient (Wildman–Crippen LogP) is 4.05. The van der Waals surface area contributed by atoms with Crippen molar-refractivity contribution in [3.8, 4) is 0 Å². The van der Waals surface area contributed by atoms with Crippen molar-refractivity contribution in [1.29, 1.82) is 0 Å². The van der Waals surface area contributed by atoms with E-state index in [1.54, 1.807) is 12.1 Å². The maximum atomic E-state index is 12.2. The fourth-order valence-electron chi connectivity index (χ4n) is 2.23. The molecule has 1 amide bonds. The fourth-order valence-corrected chi connectivity index (χ4v) is 3.50. The number of thiophene rings is 1. The minimum absolute atomic E-state index is 0.178. The first-order valence-electron chi connectivity index (χ1n) is 7.12. The van der Waals surface area contributed by atoms with E-state index in [-0.39, 0.29) is 5.15 Å². The molecule has 3 aromatic rings. The molecule has 0 aliphatic heterocycles. The van der Waals surface area contributed by atoms with Crippen LogP contribution in [-0.4, -0.2) is 23.5 Å². The van der Waals surface area contributed by atoms with Gasteiger partial charge in [0.25, 0.3) is 5.91 Å². The van der Waals surface area contributed by atoms with E-state index in [0.717, 1.165) is 15.6 Å². The summed E-state index contributed by atoms with van der Waals surface area (Å²) in [6.07, 6.45) is 1.52. The number of ether oxygens (including phenoxy) is 1. The molecule has 0 saturated carbocycles. The van der Waals surface area contributed by atoms with Gasteiger partial charge in [0.15, 0.2) is 11.8 Å². The number of halogens is 1. The molecule has 2 heterocycles. The zero-order valence-electron chi connectivity index (χ0n) is 12.7. The summed E-state index contributed by atoms with van der Waals surface area (Å²) in [5.41, 5.74) is 1.23. The normalized spacial score (nSPS) is 10.6. The first-order valence-corrected chi connectivity index (χ1v) is 8.31. The first-order chi connectivity index (χ1) is 11.6. The highest BCUT2D eigenvalue weighted by molar-refractivity contribution is 7.21. The van der Waals surface area contributed by atoms with Crippen LogP contribution in [0, 0.1) is 6.92 Å². The number of nitrogens with zero attached hydrogens (tertiary/aromatic N) is 1. The van der Waals surface area contributed by atoms with Gasteiger partial charge in [-0.3, -0.25) is 4.79 Å². The lowest BCUT2D eigenvalue weighted by Gasteiger charge is -2.07. The van der Waals surface area contributed by atoms with Crippen molar-refractivity contribution in [1.82, 2.24) is 4.98 Å². The summed E-state index contributed by atoms with van der Waals surface area (Å²) in [6.45, 7) is 1.47. The number of rotatable bonds is 4. The third kappa shape index (κ3) is 3.39. The van der Waals surface area contributed by atoms with E-state index in [1.165, 1.54) is 17.5 Å². The van der Waals surface area contributed by atoms with Crippen molar-refractivity contribution in [2.24, 2.45) is 0 Å². The largest absolute Gasteiger partial charge is 0.451 e. The van der Waals surface area contributed by atoms with Gasteiger partial charge in [-0.05, 0) is 36.1 Å². The molecule has 24 heavy (non-hydrogen) atoms. The van der Waals surface area contributed by atoms with Gasteiger partial charge in [0.05, 0.1) is 5.69 Å². The van der Waals surface area contributed by atoms with E-state index in [1.807, 2.05) is 31.2 Å². The minimum Gasteiger partial charge on any atom is -0.451 e. The standard InChI is InChI=1S/C17H13ClN2O3S/c1-10-11-5-2-3-7-13(11)24-15(10)17(22)23-9-14(21)20-12-6-4-8-19-16(12)18/h2-8H,9H2,1H3,(H,20,21). The molecule has 122 valence electrons. The van der Waals surface area contributed by atoms with Gasteiger partial charge in [0.2, 0.25) is 0 Å². The molecule has 0 bridgehead atoms. The molecule has 7 heteroatoms. The van der Waals surface area contributed by atoms with Crippen molar-refractivity contribution in [3.05, 3.63) is 58.2 Å². The average molecular weight is 361 g/mol. The number of esters is 1. The van der Waals surface area contributed by atoms with Crippen molar-refractivity contribution in [2.75, 3.05) is 11.9 Å². The van der Waals surface area contributed by atoms with E-state index in [4.69, 9.17) is 16.3 Å². The Bertz CT molecular complexity index is 923. The summed E-state index contributed by atoms with van der Waals surface area (Å²) >= 11 is 7.21. The van der Waals surface area contributed by atoms with Crippen LogP contribution < -0.4 is 5.32 Å². The lowest BCUT2D eigenvalue weighted by Crippen LogP contribution is -2.21. The maximum Gasteiger partial charge on any atom is 0.349 e. The molecule has 0 saturated heterocycles. The Hall–Kier alpha value is -2.44. The quantitative estimate of drug-likeness (QED) is 0.563. The summed E-state index contributed by atoms with van der Waals surface area (Å²) in [5, 5.41) is 3.74. The van der Waals surface area contributed by atoms with Gasteiger partial charge < -0.3 is 10.1 Å². The number of nitrogens with one attached hydrogen (secondary N) is 1. The number of carbonyl (C=O) groups excluding carboxylic acids is 2. The van der Waals surface area contributed by atoms with E-state index >= 15 is 0 Å². The molecule has 0 fully saturated rings. The number of fused-ring (bicyclic) bond motifs is 1. The first kappa shape index (κ1) is 16.4. The second-order valence-electron chi connectivity index (χ2n) is 5.02. The molecule has 0 atom stereocenters. The second kappa shape index (κ2) is 6.98. The van der Waals surface area contributed by atoms with Crippen LogP contribution in [0.1, 0.15) is 15.2 Å². The van der Waals surface area contributed by atoms with Gasteiger partial charge in [-0.15, -0.1) is 11.3 Å². The summed E-state index contributed by atoms with van der Waals surface area (Å²) in [4.78, 5) is 28.5. The van der Waals surface area contributed by atoms with Crippen molar-refractivity contribution in [2.45, 2.75) is 6.92 Å². The van der Waals surface area contributed by atoms with Crippen LogP contribution in [0.4, 0.5) is 5.69 Å². The average Bonchev–Trinajstić information content (AvgIpc) is 2.92. The summed E-state index contributed by atoms with van der Waals surface area (Å²) < 4.78 is 6.12. The van der Waals surface area contributed by atoms with Gasteiger partial charge in [0.1, 0.15) is 4.88 Å². The van der Waals surface area contributed by atoms with Crippen molar-refractivity contribution in [3.63, 3.8) is 0 Å². The van der Waals surface area contributed by atoms with Gasteiger partial charge >= 0.3 is 5.97 Å². The van der Waals surface area contributed by atoms with Gasteiger partial charge in [0, 0.05) is 10.9 Å². The van der Waals surface area contributed by atoms with E-state index in [9.17, 15) is 9.59 Å². The van der Waals surface area contributed by atoms with Gasteiger partial charge in [-0.25, -0.2) is 9.78 Å². The van der Waals surface area contributed by atoms with Crippen LogP contribution in [0.15, 0.2) is 42.6 Å². The molecule has 0 radical (unpaired) electrons. The predicted molar refractivity (Wildman–Crippen MR) is 94.7 cm³/mol. The monoisotopic (exact) mass is 360 g/mol. The van der Waals surface area contributed by atoms with Gasteiger partial charge in [-0.2, -0.15) is 0 Å². The highest BCUT2D eigenvalue weighted by Crippen LogP contribution is 2.30. The molecule has 0 aliphatic carbocycles. The Kier molecular flexibility index (Phi) is 4.78. The third-order valence-corrected chi connectivity index (χ3v) is 4.95. The Morgan fingerprint density at radius 1 is 1.25 bits per heavy atom. The van der Waals surface area contributed by atoms with Crippen LogP contribution >= 0.6 is 22.9 Å². The van der Waals surface area contributed by atoms with Crippen LogP contribution in [0.5, 0.6) is 0 Å². The van der Waals surface area contributed by atoms with E-state index < -0.39 is 18.5 Å². The van der Waals surface area contributed by atoms with Crippen LogP contribution in [0.25, 0.3) is 10.1 Å². The molecule has 0 unspecified atom stereocenters.